The summed E-state index contributed by atoms with van der Waals surface area (Å²) in [6, 6.07) is 0. The van der Waals surface area contributed by atoms with Gasteiger partial charge in [-0.1, -0.05) is 6.08 Å². The lowest BCUT2D eigenvalue weighted by Crippen LogP contribution is -2.25. The quantitative estimate of drug-likeness (QED) is 0.270. The minimum Gasteiger partial charge on any atom is -0.423 e. The van der Waals surface area contributed by atoms with Crippen molar-refractivity contribution >= 4 is 7.12 Å². The molecular formula is C6H12BNO2. The molecule has 0 atom stereocenters. The van der Waals surface area contributed by atoms with E-state index in [-0.39, 0.29) is 0 Å². The number of hydrogen-bond acceptors (Lipinski definition) is 3. The Morgan fingerprint density at radius 3 is 2.60 bits per heavy atom. The van der Waals surface area contributed by atoms with Gasteiger partial charge >= 0.3 is 7.12 Å². The summed E-state index contributed by atoms with van der Waals surface area (Å²) in [6.45, 7) is 7.97. The second-order valence-corrected chi connectivity index (χ2v) is 1.95. The van der Waals surface area contributed by atoms with Crippen LogP contribution in [-0.4, -0.2) is 30.3 Å². The van der Waals surface area contributed by atoms with E-state index in [0.717, 1.165) is 0 Å². The molecule has 0 rings (SSSR count). The van der Waals surface area contributed by atoms with Crippen LogP contribution in [0.4, 0.5) is 0 Å². The molecule has 0 saturated heterocycles. The first kappa shape index (κ1) is 9.42. The Morgan fingerprint density at radius 1 is 1.60 bits per heavy atom. The zero-order chi connectivity index (χ0) is 7.98. The van der Waals surface area contributed by atoms with Gasteiger partial charge in [-0.2, -0.15) is 0 Å². The van der Waals surface area contributed by atoms with E-state index in [2.05, 4.69) is 18.5 Å². The van der Waals surface area contributed by atoms with Crippen LogP contribution in [0.5, 0.6) is 0 Å². The standard InChI is InChI=1S/C6H12BNO2/c1-3-4-8-5-6(2)7(9)10/h3,8-10H,1-2,4-5H2. The molecular weight excluding hydrogens is 129 g/mol. The summed E-state index contributed by atoms with van der Waals surface area (Å²) in [5.74, 6) is 0. The van der Waals surface area contributed by atoms with E-state index in [0.29, 0.717) is 18.6 Å². The highest BCUT2D eigenvalue weighted by Crippen LogP contribution is 1.87. The summed E-state index contributed by atoms with van der Waals surface area (Å²) in [7, 11) is -1.42. The fraction of sp³-hybridized carbons (Fsp3) is 0.333. The SMILES string of the molecule is C=CCNCC(=C)B(O)O. The third-order valence-corrected chi connectivity index (χ3v) is 1.01. The van der Waals surface area contributed by atoms with Crippen LogP contribution in [0.15, 0.2) is 24.7 Å². The van der Waals surface area contributed by atoms with E-state index in [9.17, 15) is 0 Å². The van der Waals surface area contributed by atoms with Gasteiger partial charge in [0.2, 0.25) is 0 Å². The summed E-state index contributed by atoms with van der Waals surface area (Å²) in [5, 5.41) is 19.9. The first-order chi connectivity index (χ1) is 4.68. The molecule has 0 aromatic rings. The molecule has 56 valence electrons. The van der Waals surface area contributed by atoms with Crippen LogP contribution in [0.25, 0.3) is 0 Å². The Morgan fingerprint density at radius 2 is 2.20 bits per heavy atom. The van der Waals surface area contributed by atoms with Gasteiger partial charge in [-0.3, -0.25) is 0 Å². The topological polar surface area (TPSA) is 52.5 Å². The Hall–Kier alpha value is -0.575. The van der Waals surface area contributed by atoms with Crippen molar-refractivity contribution in [2.24, 2.45) is 0 Å². The van der Waals surface area contributed by atoms with Gasteiger partial charge in [0.15, 0.2) is 0 Å². The van der Waals surface area contributed by atoms with Crippen LogP contribution in [0.3, 0.4) is 0 Å². The molecule has 0 spiro atoms. The molecule has 3 N–H and O–H groups in total. The van der Waals surface area contributed by atoms with Gasteiger partial charge in [0.1, 0.15) is 0 Å². The van der Waals surface area contributed by atoms with Gasteiger partial charge in [-0.05, 0) is 5.47 Å². The Kier molecular flexibility index (Phi) is 4.93. The monoisotopic (exact) mass is 141 g/mol. The van der Waals surface area contributed by atoms with Crippen molar-refractivity contribution in [1.29, 1.82) is 0 Å². The van der Waals surface area contributed by atoms with E-state index in [1.165, 1.54) is 0 Å². The normalized spacial score (nSPS) is 9.00. The van der Waals surface area contributed by atoms with Gasteiger partial charge < -0.3 is 15.4 Å². The first-order valence-electron chi connectivity index (χ1n) is 3.04. The lowest BCUT2D eigenvalue weighted by molar-refractivity contribution is 0.417. The summed E-state index contributed by atoms with van der Waals surface area (Å²) in [4.78, 5) is 0. The second kappa shape index (κ2) is 5.23. The lowest BCUT2D eigenvalue weighted by atomic mass is 9.81. The zero-order valence-corrected chi connectivity index (χ0v) is 5.88. The lowest BCUT2D eigenvalue weighted by Gasteiger charge is -2.02. The van der Waals surface area contributed by atoms with Gasteiger partial charge in [0.25, 0.3) is 0 Å². The molecule has 0 saturated carbocycles. The van der Waals surface area contributed by atoms with Crippen molar-refractivity contribution in [3.63, 3.8) is 0 Å². The second-order valence-electron chi connectivity index (χ2n) is 1.95. The molecule has 0 radical (unpaired) electrons. The van der Waals surface area contributed by atoms with Gasteiger partial charge in [0, 0.05) is 13.1 Å². The molecule has 0 fully saturated rings. The molecule has 0 unspecified atom stereocenters. The van der Waals surface area contributed by atoms with Crippen molar-refractivity contribution in [2.75, 3.05) is 13.1 Å². The molecule has 0 heterocycles. The average Bonchev–Trinajstić information content (AvgIpc) is 1.88. The van der Waals surface area contributed by atoms with E-state index in [4.69, 9.17) is 10.0 Å². The number of hydrogen-bond donors (Lipinski definition) is 3. The van der Waals surface area contributed by atoms with Gasteiger partial charge in [-0.15, -0.1) is 13.2 Å². The van der Waals surface area contributed by atoms with Crippen LogP contribution in [0, 0.1) is 0 Å². The van der Waals surface area contributed by atoms with Crippen molar-refractivity contribution in [2.45, 2.75) is 0 Å². The van der Waals surface area contributed by atoms with Crippen LogP contribution < -0.4 is 5.32 Å². The van der Waals surface area contributed by atoms with Crippen molar-refractivity contribution in [1.82, 2.24) is 5.32 Å². The summed E-state index contributed by atoms with van der Waals surface area (Å²) in [6.07, 6.45) is 1.69. The fourth-order valence-corrected chi connectivity index (χ4v) is 0.426. The zero-order valence-electron chi connectivity index (χ0n) is 5.88. The smallest absolute Gasteiger partial charge is 0.423 e. The molecule has 3 nitrogen and oxygen atoms in total. The van der Waals surface area contributed by atoms with Gasteiger partial charge in [-0.25, -0.2) is 0 Å². The third kappa shape index (κ3) is 4.32. The molecule has 0 aromatic carbocycles. The van der Waals surface area contributed by atoms with E-state index in [1.54, 1.807) is 6.08 Å². The van der Waals surface area contributed by atoms with Crippen LogP contribution in [0.1, 0.15) is 0 Å². The largest absolute Gasteiger partial charge is 0.484 e. The molecule has 0 aliphatic rings. The molecule has 0 aliphatic carbocycles. The van der Waals surface area contributed by atoms with Crippen LogP contribution in [0.2, 0.25) is 0 Å². The maximum absolute atomic E-state index is 8.51. The molecule has 10 heavy (non-hydrogen) atoms. The Bertz CT molecular complexity index is 125. The van der Waals surface area contributed by atoms with Gasteiger partial charge in [0.05, 0.1) is 0 Å². The molecule has 0 amide bonds. The minimum atomic E-state index is -1.42. The van der Waals surface area contributed by atoms with Crippen molar-refractivity contribution in [3.8, 4) is 0 Å². The predicted octanol–water partition coefficient (Wildman–Crippen LogP) is -0.670. The highest BCUT2D eigenvalue weighted by Gasteiger charge is 2.09. The third-order valence-electron chi connectivity index (χ3n) is 1.01. The molecule has 0 aromatic heterocycles. The summed E-state index contributed by atoms with van der Waals surface area (Å²) >= 11 is 0. The molecule has 4 heteroatoms. The Labute approximate surface area is 61.2 Å². The van der Waals surface area contributed by atoms with Crippen molar-refractivity contribution < 1.29 is 10.0 Å². The minimum absolute atomic E-state index is 0.363. The highest BCUT2D eigenvalue weighted by molar-refractivity contribution is 6.50. The number of nitrogens with one attached hydrogen (secondary N) is 1. The maximum atomic E-state index is 8.51. The van der Waals surface area contributed by atoms with Crippen LogP contribution in [-0.2, 0) is 0 Å². The summed E-state index contributed by atoms with van der Waals surface area (Å²) < 4.78 is 0. The van der Waals surface area contributed by atoms with E-state index < -0.39 is 7.12 Å². The maximum Gasteiger partial charge on any atom is 0.484 e. The van der Waals surface area contributed by atoms with E-state index in [1.807, 2.05) is 0 Å². The molecule has 0 aliphatic heterocycles. The highest BCUT2D eigenvalue weighted by atomic mass is 16.4. The van der Waals surface area contributed by atoms with E-state index >= 15 is 0 Å². The predicted molar refractivity (Wildman–Crippen MR) is 42.4 cm³/mol. The van der Waals surface area contributed by atoms with Crippen molar-refractivity contribution in [3.05, 3.63) is 24.7 Å². The molecule has 0 bridgehead atoms. The Balaban J connectivity index is 3.30. The summed E-state index contributed by atoms with van der Waals surface area (Å²) in [5.41, 5.74) is 0.363. The number of rotatable bonds is 5. The first-order valence-corrected chi connectivity index (χ1v) is 3.04. The van der Waals surface area contributed by atoms with Crippen LogP contribution >= 0.6 is 0 Å². The average molecular weight is 141 g/mol. The fourth-order valence-electron chi connectivity index (χ4n) is 0.426.